The van der Waals surface area contributed by atoms with Gasteiger partial charge in [-0.1, -0.05) is 24.3 Å². The summed E-state index contributed by atoms with van der Waals surface area (Å²) in [5.41, 5.74) is 2.54. The fraction of sp³-hybridized carbons (Fsp3) is 0.379. The largest absolute Gasteiger partial charge is 0.493 e. The first-order chi connectivity index (χ1) is 17.7. The normalized spacial score (nSPS) is 18.8. The number of likely N-dealkylation sites (tertiary alicyclic amines) is 1. The van der Waals surface area contributed by atoms with E-state index in [2.05, 4.69) is 26.9 Å². The van der Waals surface area contributed by atoms with Crippen LogP contribution in [0.3, 0.4) is 0 Å². The standard InChI is InChI=1S/C29H33FN4O2/c30-27-10-1-2-11-28(27)33-16-14-32(15-17-33)20-23-6-3-9-26(18-23)36-22-24-7-5-13-34(21-24)29(35)25-8-4-12-31-19-25/h1-4,6,8-12,18-19,24H,5,7,13-17,20-22H2/t24-/m1/s1. The Balaban J connectivity index is 1.10. The number of anilines is 1. The molecule has 5 rings (SSSR count). The lowest BCUT2D eigenvalue weighted by Gasteiger charge is -2.36. The van der Waals surface area contributed by atoms with Crippen LogP contribution in [0, 0.1) is 11.7 Å². The first kappa shape index (κ1) is 24.3. The number of amides is 1. The summed E-state index contributed by atoms with van der Waals surface area (Å²) in [5, 5.41) is 0. The number of carbonyl (C=O) groups excluding carboxylic acids is 1. The Morgan fingerprint density at radius 2 is 1.86 bits per heavy atom. The number of rotatable bonds is 7. The Hall–Kier alpha value is -3.45. The molecule has 1 amide bonds. The molecule has 3 aromatic rings. The van der Waals surface area contributed by atoms with Crippen LogP contribution in [0.5, 0.6) is 5.75 Å². The Bertz CT molecular complexity index is 1150. The van der Waals surface area contributed by atoms with Crippen LogP contribution >= 0.6 is 0 Å². The van der Waals surface area contributed by atoms with Crippen molar-refractivity contribution in [2.75, 3.05) is 50.8 Å². The van der Waals surface area contributed by atoms with E-state index < -0.39 is 0 Å². The molecule has 0 bridgehead atoms. The van der Waals surface area contributed by atoms with E-state index >= 15 is 0 Å². The van der Waals surface area contributed by atoms with Gasteiger partial charge in [0.25, 0.3) is 5.91 Å². The molecule has 0 unspecified atom stereocenters. The molecule has 188 valence electrons. The summed E-state index contributed by atoms with van der Waals surface area (Å²) in [6.45, 7) is 6.34. The van der Waals surface area contributed by atoms with Gasteiger partial charge in [0.05, 0.1) is 17.9 Å². The van der Waals surface area contributed by atoms with E-state index in [0.717, 1.165) is 57.9 Å². The number of piperidine rings is 1. The average molecular weight is 489 g/mol. The minimum absolute atomic E-state index is 0.0462. The zero-order chi connectivity index (χ0) is 24.7. The zero-order valence-electron chi connectivity index (χ0n) is 20.6. The number of pyridine rings is 1. The number of benzene rings is 2. The van der Waals surface area contributed by atoms with Gasteiger partial charge < -0.3 is 14.5 Å². The molecular weight excluding hydrogens is 455 g/mol. The first-order valence-electron chi connectivity index (χ1n) is 12.8. The average Bonchev–Trinajstić information content (AvgIpc) is 2.93. The molecule has 0 N–H and O–H groups in total. The molecule has 2 aliphatic rings. The van der Waals surface area contributed by atoms with E-state index in [-0.39, 0.29) is 11.7 Å². The molecule has 6 nitrogen and oxygen atoms in total. The van der Waals surface area contributed by atoms with E-state index in [9.17, 15) is 9.18 Å². The molecule has 1 atom stereocenters. The highest BCUT2D eigenvalue weighted by molar-refractivity contribution is 5.93. The van der Waals surface area contributed by atoms with Gasteiger partial charge in [-0.25, -0.2) is 4.39 Å². The number of ether oxygens (including phenoxy) is 1. The van der Waals surface area contributed by atoms with Crippen molar-refractivity contribution in [3.8, 4) is 5.75 Å². The third kappa shape index (κ3) is 6.02. The number of hydrogen-bond donors (Lipinski definition) is 0. The van der Waals surface area contributed by atoms with Crippen LogP contribution in [-0.2, 0) is 6.54 Å². The van der Waals surface area contributed by atoms with Gasteiger partial charge in [0.1, 0.15) is 11.6 Å². The van der Waals surface area contributed by atoms with Crippen molar-refractivity contribution in [1.29, 1.82) is 0 Å². The monoisotopic (exact) mass is 488 g/mol. The third-order valence-corrected chi connectivity index (χ3v) is 7.07. The lowest BCUT2D eigenvalue weighted by molar-refractivity contribution is 0.0633. The zero-order valence-corrected chi connectivity index (χ0v) is 20.6. The van der Waals surface area contributed by atoms with Gasteiger partial charge in [0, 0.05) is 64.1 Å². The smallest absolute Gasteiger partial charge is 0.255 e. The molecule has 1 aromatic heterocycles. The van der Waals surface area contributed by atoms with Crippen molar-refractivity contribution in [2.45, 2.75) is 19.4 Å². The van der Waals surface area contributed by atoms with Gasteiger partial charge in [-0.2, -0.15) is 0 Å². The SMILES string of the molecule is O=C(c1cccnc1)N1CCC[C@@H](COc2cccc(CN3CCN(c4ccccc4F)CC3)c2)C1. The summed E-state index contributed by atoms with van der Waals surface area (Å²) in [5.74, 6) is 1.07. The van der Waals surface area contributed by atoms with Crippen LogP contribution in [0.1, 0.15) is 28.8 Å². The highest BCUT2D eigenvalue weighted by Crippen LogP contribution is 2.23. The number of hydrogen-bond acceptors (Lipinski definition) is 5. The second-order valence-electron chi connectivity index (χ2n) is 9.67. The predicted octanol–water partition coefficient (Wildman–Crippen LogP) is 4.47. The van der Waals surface area contributed by atoms with Gasteiger partial charge in [0.15, 0.2) is 0 Å². The molecule has 0 aliphatic carbocycles. The molecule has 0 saturated carbocycles. The topological polar surface area (TPSA) is 48.9 Å². The van der Waals surface area contributed by atoms with Crippen LogP contribution in [-0.4, -0.2) is 66.6 Å². The Kier molecular flexibility index (Phi) is 7.76. The summed E-state index contributed by atoms with van der Waals surface area (Å²) in [4.78, 5) is 23.3. The maximum Gasteiger partial charge on any atom is 0.255 e. The number of nitrogens with zero attached hydrogens (tertiary/aromatic N) is 4. The quantitative estimate of drug-likeness (QED) is 0.491. The molecular formula is C29H33FN4O2. The number of para-hydroxylation sites is 1. The summed E-state index contributed by atoms with van der Waals surface area (Å²) < 4.78 is 20.3. The summed E-state index contributed by atoms with van der Waals surface area (Å²) in [6, 6.07) is 18.9. The number of halogens is 1. The van der Waals surface area contributed by atoms with E-state index in [4.69, 9.17) is 4.74 Å². The molecule has 0 spiro atoms. The minimum Gasteiger partial charge on any atom is -0.493 e. The second kappa shape index (κ2) is 11.5. The van der Waals surface area contributed by atoms with Crippen LogP contribution in [0.2, 0.25) is 0 Å². The van der Waals surface area contributed by atoms with Gasteiger partial charge in [-0.3, -0.25) is 14.7 Å². The lowest BCUT2D eigenvalue weighted by Crippen LogP contribution is -2.46. The van der Waals surface area contributed by atoms with Crippen molar-refractivity contribution < 1.29 is 13.9 Å². The van der Waals surface area contributed by atoms with Gasteiger partial charge >= 0.3 is 0 Å². The molecule has 7 heteroatoms. The second-order valence-corrected chi connectivity index (χ2v) is 9.67. The highest BCUT2D eigenvalue weighted by atomic mass is 19.1. The van der Waals surface area contributed by atoms with Gasteiger partial charge in [0.2, 0.25) is 0 Å². The molecule has 0 radical (unpaired) electrons. The van der Waals surface area contributed by atoms with Crippen molar-refractivity contribution in [2.24, 2.45) is 5.92 Å². The lowest BCUT2D eigenvalue weighted by atomic mass is 9.98. The number of piperazine rings is 1. The van der Waals surface area contributed by atoms with Crippen LogP contribution in [0.25, 0.3) is 0 Å². The van der Waals surface area contributed by atoms with E-state index in [1.54, 1.807) is 24.5 Å². The summed E-state index contributed by atoms with van der Waals surface area (Å²) in [6.07, 6.45) is 5.36. The highest BCUT2D eigenvalue weighted by Gasteiger charge is 2.25. The molecule has 36 heavy (non-hydrogen) atoms. The number of aromatic nitrogens is 1. The van der Waals surface area contributed by atoms with Crippen LogP contribution in [0.15, 0.2) is 73.1 Å². The van der Waals surface area contributed by atoms with Crippen molar-refractivity contribution in [3.63, 3.8) is 0 Å². The fourth-order valence-electron chi connectivity index (χ4n) is 5.12. The third-order valence-electron chi connectivity index (χ3n) is 7.07. The van der Waals surface area contributed by atoms with Crippen LogP contribution in [0.4, 0.5) is 10.1 Å². The Labute approximate surface area is 212 Å². The van der Waals surface area contributed by atoms with Crippen LogP contribution < -0.4 is 9.64 Å². The van der Waals surface area contributed by atoms with E-state index in [0.29, 0.717) is 30.3 Å². The van der Waals surface area contributed by atoms with E-state index in [1.807, 2.05) is 35.2 Å². The maximum absolute atomic E-state index is 14.1. The minimum atomic E-state index is -0.154. The van der Waals surface area contributed by atoms with Crippen molar-refractivity contribution in [3.05, 3.63) is 90.0 Å². The summed E-state index contributed by atoms with van der Waals surface area (Å²) >= 11 is 0. The van der Waals surface area contributed by atoms with Gasteiger partial charge in [-0.05, 0) is 54.8 Å². The van der Waals surface area contributed by atoms with Crippen molar-refractivity contribution >= 4 is 11.6 Å². The van der Waals surface area contributed by atoms with Crippen molar-refractivity contribution in [1.82, 2.24) is 14.8 Å². The first-order valence-corrected chi connectivity index (χ1v) is 12.8. The fourth-order valence-corrected chi connectivity index (χ4v) is 5.12. The molecule has 2 fully saturated rings. The molecule has 2 saturated heterocycles. The van der Waals surface area contributed by atoms with E-state index in [1.165, 1.54) is 11.6 Å². The molecule has 3 heterocycles. The summed E-state index contributed by atoms with van der Waals surface area (Å²) in [7, 11) is 0. The van der Waals surface area contributed by atoms with Gasteiger partial charge in [-0.15, -0.1) is 0 Å². The Morgan fingerprint density at radius 3 is 2.67 bits per heavy atom. The Morgan fingerprint density at radius 1 is 1.00 bits per heavy atom. The molecule has 2 aliphatic heterocycles. The maximum atomic E-state index is 14.1. The predicted molar refractivity (Wildman–Crippen MR) is 139 cm³/mol. The molecule has 2 aromatic carbocycles. The number of carbonyl (C=O) groups is 1.